The third-order valence-corrected chi connectivity index (χ3v) is 5.24. The first-order valence-electron chi connectivity index (χ1n) is 8.99. The number of halogens is 1. The van der Waals surface area contributed by atoms with Gasteiger partial charge in [-0.05, 0) is 12.5 Å². The number of anilines is 1. The molecule has 166 valence electrons. The summed E-state index contributed by atoms with van der Waals surface area (Å²) in [6.45, 7) is 1.83. The maximum absolute atomic E-state index is 12.3. The number of nitrogens with two attached hydrogens (primary N) is 1. The second-order valence-corrected chi connectivity index (χ2v) is 7.89. The molecule has 2 aromatic rings. The minimum absolute atomic E-state index is 0. The van der Waals surface area contributed by atoms with E-state index in [0.29, 0.717) is 44.1 Å². The molecule has 1 saturated heterocycles. The fraction of sp³-hybridized carbons (Fsp3) is 0.471. The van der Waals surface area contributed by atoms with Gasteiger partial charge >= 0.3 is 0 Å². The number of carbonyl (C=O) groups is 1. The number of methoxy groups -OCH3 is 2. The van der Waals surface area contributed by atoms with Crippen LogP contribution >= 0.6 is 12.4 Å². The largest absolute Gasteiger partial charge is 0.493 e. The molecule has 1 aromatic heterocycles. The second-order valence-electron chi connectivity index (χ2n) is 6.51. The Bertz CT molecular complexity index is 1010. The highest BCUT2D eigenvalue weighted by molar-refractivity contribution is 7.87. The second kappa shape index (κ2) is 10.1. The van der Waals surface area contributed by atoms with Crippen LogP contribution in [-0.2, 0) is 15.0 Å². The summed E-state index contributed by atoms with van der Waals surface area (Å²) in [5, 5.41) is 5.71. The van der Waals surface area contributed by atoms with Gasteiger partial charge in [-0.25, -0.2) is 15.1 Å². The predicted molar refractivity (Wildman–Crippen MR) is 114 cm³/mol. The first kappa shape index (κ1) is 23.9. The Hall–Kier alpha value is -2.41. The van der Waals surface area contributed by atoms with Gasteiger partial charge < -0.3 is 19.3 Å². The van der Waals surface area contributed by atoms with Crippen LogP contribution in [0.3, 0.4) is 0 Å². The van der Waals surface area contributed by atoms with Crippen LogP contribution < -0.4 is 24.2 Å². The number of fused-ring (bicyclic) bond motifs is 1. The number of amides is 1. The van der Waals surface area contributed by atoms with E-state index in [1.807, 2.05) is 10.8 Å². The molecular weight excluding hydrogens is 436 g/mol. The Morgan fingerprint density at radius 3 is 2.50 bits per heavy atom. The normalized spacial score (nSPS) is 14.8. The van der Waals surface area contributed by atoms with Gasteiger partial charge in [0.05, 0.1) is 26.3 Å². The van der Waals surface area contributed by atoms with Gasteiger partial charge in [-0.15, -0.1) is 12.4 Å². The summed E-state index contributed by atoms with van der Waals surface area (Å²) in [5.41, 5.74) is 0.724. The van der Waals surface area contributed by atoms with Crippen molar-refractivity contribution in [3.8, 4) is 11.5 Å². The summed E-state index contributed by atoms with van der Waals surface area (Å²) in [4.78, 5) is 24.7. The van der Waals surface area contributed by atoms with E-state index in [2.05, 4.69) is 14.9 Å². The number of ether oxygens (including phenoxy) is 2. The topological polar surface area (TPSA) is 140 Å². The summed E-state index contributed by atoms with van der Waals surface area (Å²) in [7, 11) is -0.770. The van der Waals surface area contributed by atoms with Crippen molar-refractivity contribution in [3.63, 3.8) is 0 Å². The van der Waals surface area contributed by atoms with Crippen LogP contribution in [0.4, 0.5) is 5.82 Å². The maximum Gasteiger partial charge on any atom is 0.274 e. The quantitative estimate of drug-likeness (QED) is 0.609. The molecule has 1 amide bonds. The van der Waals surface area contributed by atoms with Crippen LogP contribution in [0.1, 0.15) is 6.42 Å². The average molecular weight is 461 g/mol. The highest BCUT2D eigenvalue weighted by Crippen LogP contribution is 2.34. The van der Waals surface area contributed by atoms with Crippen LogP contribution in [0, 0.1) is 0 Å². The van der Waals surface area contributed by atoms with Crippen LogP contribution in [0.2, 0.25) is 0 Å². The molecule has 0 unspecified atom stereocenters. The Balaban J connectivity index is 0.00000320. The first-order chi connectivity index (χ1) is 13.8. The Labute approximate surface area is 181 Å². The van der Waals surface area contributed by atoms with Crippen LogP contribution in [0.5, 0.6) is 11.5 Å². The maximum atomic E-state index is 12.3. The zero-order valence-corrected chi connectivity index (χ0v) is 18.3. The van der Waals surface area contributed by atoms with E-state index < -0.39 is 10.2 Å². The summed E-state index contributed by atoms with van der Waals surface area (Å²) >= 11 is 0. The van der Waals surface area contributed by atoms with Gasteiger partial charge in [0.25, 0.3) is 10.2 Å². The molecule has 3 N–H and O–H groups in total. The van der Waals surface area contributed by atoms with Crippen molar-refractivity contribution in [1.29, 1.82) is 0 Å². The first-order valence-corrected chi connectivity index (χ1v) is 10.5. The van der Waals surface area contributed by atoms with Gasteiger partial charge in [0.2, 0.25) is 5.91 Å². The molecule has 11 nitrogen and oxygen atoms in total. The molecule has 1 aliphatic rings. The van der Waals surface area contributed by atoms with Gasteiger partial charge in [-0.2, -0.15) is 13.1 Å². The lowest BCUT2D eigenvalue weighted by Gasteiger charge is -2.24. The SMILES string of the molecule is COc1cc2ncnc(N3CCCN(C(=O)CNS(N)(=O)=O)CC3)c2cc1OC.Cl. The Kier molecular flexibility index (Phi) is 8.01. The molecule has 1 aliphatic heterocycles. The molecule has 30 heavy (non-hydrogen) atoms. The third kappa shape index (κ3) is 5.59. The van der Waals surface area contributed by atoms with E-state index in [9.17, 15) is 13.2 Å². The van der Waals surface area contributed by atoms with Crippen molar-refractivity contribution in [2.45, 2.75) is 6.42 Å². The summed E-state index contributed by atoms with van der Waals surface area (Å²) in [6.07, 6.45) is 2.20. The molecule has 0 bridgehead atoms. The van der Waals surface area contributed by atoms with Gasteiger partial charge in [-0.1, -0.05) is 0 Å². The van der Waals surface area contributed by atoms with Gasteiger partial charge in [-0.3, -0.25) is 4.79 Å². The number of hydrogen-bond acceptors (Lipinski definition) is 8. The van der Waals surface area contributed by atoms with Crippen molar-refractivity contribution in [1.82, 2.24) is 19.6 Å². The number of benzene rings is 1. The smallest absolute Gasteiger partial charge is 0.274 e. The molecule has 0 aliphatic carbocycles. The minimum Gasteiger partial charge on any atom is -0.493 e. The fourth-order valence-electron chi connectivity index (χ4n) is 3.27. The summed E-state index contributed by atoms with van der Waals surface area (Å²) < 4.78 is 34.8. The van der Waals surface area contributed by atoms with E-state index in [1.165, 1.54) is 6.33 Å². The number of rotatable bonds is 6. The van der Waals surface area contributed by atoms with Crippen LogP contribution in [-0.4, -0.2) is 76.1 Å². The van der Waals surface area contributed by atoms with E-state index in [1.54, 1.807) is 25.2 Å². The Morgan fingerprint density at radius 1 is 1.13 bits per heavy atom. The molecule has 0 spiro atoms. The van der Waals surface area contributed by atoms with Gasteiger partial charge in [0, 0.05) is 37.6 Å². The van der Waals surface area contributed by atoms with Crippen molar-refractivity contribution in [3.05, 3.63) is 18.5 Å². The summed E-state index contributed by atoms with van der Waals surface area (Å²) in [5.74, 6) is 1.59. The number of aromatic nitrogens is 2. The number of nitrogens with zero attached hydrogens (tertiary/aromatic N) is 4. The molecular formula is C17H25ClN6O5S. The zero-order chi connectivity index (χ0) is 21.0. The molecule has 1 fully saturated rings. The van der Waals surface area contributed by atoms with E-state index >= 15 is 0 Å². The van der Waals surface area contributed by atoms with Crippen LogP contribution in [0.15, 0.2) is 18.5 Å². The Morgan fingerprint density at radius 2 is 1.83 bits per heavy atom. The van der Waals surface area contributed by atoms with Crippen molar-refractivity contribution < 1.29 is 22.7 Å². The van der Waals surface area contributed by atoms with Crippen molar-refractivity contribution in [2.24, 2.45) is 5.14 Å². The van der Waals surface area contributed by atoms with Crippen LogP contribution in [0.25, 0.3) is 10.9 Å². The lowest BCUT2D eigenvalue weighted by molar-refractivity contribution is -0.129. The molecule has 13 heteroatoms. The number of carbonyl (C=O) groups excluding carboxylic acids is 1. The lowest BCUT2D eigenvalue weighted by Crippen LogP contribution is -2.43. The molecule has 1 aromatic carbocycles. The molecule has 0 atom stereocenters. The zero-order valence-electron chi connectivity index (χ0n) is 16.7. The fourth-order valence-corrected chi connectivity index (χ4v) is 3.60. The number of nitrogens with one attached hydrogen (secondary N) is 1. The summed E-state index contributed by atoms with van der Waals surface area (Å²) in [6, 6.07) is 3.64. The highest BCUT2D eigenvalue weighted by Gasteiger charge is 2.22. The molecule has 2 heterocycles. The third-order valence-electron chi connectivity index (χ3n) is 4.69. The molecule has 0 saturated carbocycles. The molecule has 3 rings (SSSR count). The van der Waals surface area contributed by atoms with E-state index in [-0.39, 0.29) is 24.9 Å². The van der Waals surface area contributed by atoms with E-state index in [0.717, 1.165) is 16.7 Å². The number of hydrogen-bond donors (Lipinski definition) is 2. The van der Waals surface area contributed by atoms with E-state index in [4.69, 9.17) is 14.6 Å². The van der Waals surface area contributed by atoms with Crippen molar-refractivity contribution >= 4 is 45.2 Å². The van der Waals surface area contributed by atoms with Crippen molar-refractivity contribution in [2.75, 3.05) is 51.8 Å². The highest BCUT2D eigenvalue weighted by atomic mass is 35.5. The monoisotopic (exact) mass is 460 g/mol. The lowest BCUT2D eigenvalue weighted by atomic mass is 10.2. The predicted octanol–water partition coefficient (Wildman–Crippen LogP) is -0.0994. The molecule has 0 radical (unpaired) electrons. The minimum atomic E-state index is -3.90. The van der Waals surface area contributed by atoms with Gasteiger partial charge in [0.15, 0.2) is 11.5 Å². The average Bonchev–Trinajstić information content (AvgIpc) is 2.96. The van der Waals surface area contributed by atoms with Gasteiger partial charge in [0.1, 0.15) is 12.1 Å². The standard InChI is InChI=1S/C17H24N6O5S.ClH/c1-27-14-8-12-13(9-15(14)28-2)19-11-20-17(12)23-5-3-4-22(6-7-23)16(24)10-21-29(18,25)26;/h8-9,11,21H,3-7,10H2,1-2H3,(H2,18,25,26);1H.